The molecular formula is C13H12N4. The van der Waals surface area contributed by atoms with Gasteiger partial charge in [-0.15, -0.1) is 0 Å². The van der Waals surface area contributed by atoms with E-state index in [0.717, 1.165) is 28.2 Å². The molecule has 0 aliphatic carbocycles. The van der Waals surface area contributed by atoms with Crippen LogP contribution in [0, 0.1) is 6.92 Å². The predicted octanol–water partition coefficient (Wildman–Crippen LogP) is 3.01. The van der Waals surface area contributed by atoms with E-state index in [4.69, 9.17) is 0 Å². The van der Waals surface area contributed by atoms with Crippen LogP contribution in [0.4, 0.5) is 11.5 Å². The lowest BCUT2D eigenvalue weighted by Gasteiger charge is -2.05. The summed E-state index contributed by atoms with van der Waals surface area (Å²) < 4.78 is 0. The summed E-state index contributed by atoms with van der Waals surface area (Å²) in [5, 5.41) is 4.30. The Kier molecular flexibility index (Phi) is 2.26. The number of H-pyrrole nitrogens is 1. The van der Waals surface area contributed by atoms with Crippen LogP contribution in [0.2, 0.25) is 0 Å². The average Bonchev–Trinajstić information content (AvgIpc) is 2.72. The summed E-state index contributed by atoms with van der Waals surface area (Å²) in [7, 11) is 0. The molecule has 0 atom stereocenters. The van der Waals surface area contributed by atoms with Gasteiger partial charge in [0.15, 0.2) is 0 Å². The van der Waals surface area contributed by atoms with E-state index in [9.17, 15) is 0 Å². The zero-order chi connectivity index (χ0) is 11.7. The number of hydrogen-bond acceptors (Lipinski definition) is 3. The third kappa shape index (κ3) is 1.85. The highest BCUT2D eigenvalue weighted by Gasteiger charge is 2.05. The number of benzene rings is 1. The minimum Gasteiger partial charge on any atom is -0.343 e. The second-order valence-electron chi connectivity index (χ2n) is 3.93. The van der Waals surface area contributed by atoms with Crippen LogP contribution in [0.1, 0.15) is 5.69 Å². The third-order valence-electron chi connectivity index (χ3n) is 2.60. The largest absolute Gasteiger partial charge is 0.343 e. The van der Waals surface area contributed by atoms with Crippen LogP contribution < -0.4 is 5.32 Å². The number of fused-ring (bicyclic) bond motifs is 1. The van der Waals surface area contributed by atoms with Gasteiger partial charge in [0, 0.05) is 11.4 Å². The molecule has 0 aliphatic heterocycles. The van der Waals surface area contributed by atoms with E-state index in [1.165, 1.54) is 0 Å². The molecule has 0 amide bonds. The number of aromatic amines is 1. The summed E-state index contributed by atoms with van der Waals surface area (Å²) in [5.74, 6) is 0.825. The van der Waals surface area contributed by atoms with E-state index in [2.05, 4.69) is 20.3 Å². The highest BCUT2D eigenvalue weighted by molar-refractivity contribution is 5.89. The van der Waals surface area contributed by atoms with Gasteiger partial charge in [-0.3, -0.25) is 0 Å². The van der Waals surface area contributed by atoms with Gasteiger partial charge in [0.1, 0.15) is 17.8 Å². The van der Waals surface area contributed by atoms with E-state index in [1.807, 2.05) is 43.3 Å². The minimum absolute atomic E-state index is 0.825. The number of aromatic nitrogens is 3. The molecule has 2 N–H and O–H groups in total. The van der Waals surface area contributed by atoms with Crippen molar-refractivity contribution in [3.05, 3.63) is 48.4 Å². The van der Waals surface area contributed by atoms with Crippen LogP contribution in [-0.4, -0.2) is 15.0 Å². The van der Waals surface area contributed by atoms with Crippen LogP contribution in [0.5, 0.6) is 0 Å². The number of anilines is 2. The van der Waals surface area contributed by atoms with Crippen molar-refractivity contribution in [2.75, 3.05) is 5.32 Å². The first-order valence-corrected chi connectivity index (χ1v) is 5.45. The van der Waals surface area contributed by atoms with Gasteiger partial charge in [-0.2, -0.15) is 0 Å². The fourth-order valence-corrected chi connectivity index (χ4v) is 1.83. The molecule has 0 spiro atoms. The first-order chi connectivity index (χ1) is 8.33. The van der Waals surface area contributed by atoms with Crippen molar-refractivity contribution in [2.45, 2.75) is 6.92 Å². The normalized spacial score (nSPS) is 10.6. The summed E-state index contributed by atoms with van der Waals surface area (Å²) in [6, 6.07) is 12.0. The Morgan fingerprint density at radius 3 is 2.76 bits per heavy atom. The Labute approximate surface area is 98.7 Å². The number of para-hydroxylation sites is 1. The lowest BCUT2D eigenvalue weighted by atomic mass is 10.3. The number of hydrogen-bond donors (Lipinski definition) is 2. The summed E-state index contributed by atoms with van der Waals surface area (Å²) in [6.45, 7) is 2.01. The Hall–Kier alpha value is -2.36. The van der Waals surface area contributed by atoms with Crippen molar-refractivity contribution >= 4 is 22.5 Å². The maximum atomic E-state index is 4.27. The van der Waals surface area contributed by atoms with Gasteiger partial charge in [0.05, 0.1) is 5.39 Å². The fourth-order valence-electron chi connectivity index (χ4n) is 1.83. The topological polar surface area (TPSA) is 53.6 Å². The average molecular weight is 224 g/mol. The quantitative estimate of drug-likeness (QED) is 0.703. The van der Waals surface area contributed by atoms with Gasteiger partial charge >= 0.3 is 0 Å². The summed E-state index contributed by atoms with van der Waals surface area (Å²) in [6.07, 6.45) is 1.56. The third-order valence-corrected chi connectivity index (χ3v) is 2.60. The molecule has 3 rings (SSSR count). The second kappa shape index (κ2) is 3.90. The van der Waals surface area contributed by atoms with Gasteiger partial charge in [0.25, 0.3) is 0 Å². The SMILES string of the molecule is Cc1cc2c(Nc3ccccc3)ncnc2[nH]1. The molecular weight excluding hydrogens is 212 g/mol. The summed E-state index contributed by atoms with van der Waals surface area (Å²) in [4.78, 5) is 11.7. The standard InChI is InChI=1S/C13H12N4/c1-9-7-11-12(16-9)14-8-15-13(11)17-10-5-3-2-4-6-10/h2-8H,1H3,(H2,14,15,16,17). The maximum absolute atomic E-state index is 4.27. The highest BCUT2D eigenvalue weighted by Crippen LogP contribution is 2.23. The van der Waals surface area contributed by atoms with Gasteiger partial charge in [0.2, 0.25) is 0 Å². The smallest absolute Gasteiger partial charge is 0.143 e. The molecule has 0 bridgehead atoms. The Morgan fingerprint density at radius 2 is 1.94 bits per heavy atom. The van der Waals surface area contributed by atoms with Gasteiger partial charge in [-0.1, -0.05) is 18.2 Å². The Bertz CT molecular complexity index is 643. The minimum atomic E-state index is 0.825. The molecule has 0 saturated heterocycles. The predicted molar refractivity (Wildman–Crippen MR) is 68.4 cm³/mol. The summed E-state index contributed by atoms with van der Waals surface area (Å²) in [5.41, 5.74) is 2.96. The van der Waals surface area contributed by atoms with Crippen LogP contribution in [0.3, 0.4) is 0 Å². The van der Waals surface area contributed by atoms with E-state index >= 15 is 0 Å². The van der Waals surface area contributed by atoms with E-state index in [1.54, 1.807) is 6.33 Å². The van der Waals surface area contributed by atoms with Crippen molar-refractivity contribution in [1.29, 1.82) is 0 Å². The lowest BCUT2D eigenvalue weighted by Crippen LogP contribution is -1.94. The molecule has 0 unspecified atom stereocenters. The molecule has 2 heterocycles. The maximum Gasteiger partial charge on any atom is 0.143 e. The molecule has 0 radical (unpaired) electrons. The van der Waals surface area contributed by atoms with Crippen LogP contribution in [-0.2, 0) is 0 Å². The van der Waals surface area contributed by atoms with Gasteiger partial charge < -0.3 is 10.3 Å². The number of nitrogens with one attached hydrogen (secondary N) is 2. The highest BCUT2D eigenvalue weighted by atomic mass is 15.0. The first-order valence-electron chi connectivity index (χ1n) is 5.45. The van der Waals surface area contributed by atoms with E-state index in [0.29, 0.717) is 0 Å². The van der Waals surface area contributed by atoms with E-state index in [-0.39, 0.29) is 0 Å². The lowest BCUT2D eigenvalue weighted by molar-refractivity contribution is 1.18. The molecule has 3 aromatic rings. The molecule has 17 heavy (non-hydrogen) atoms. The number of aryl methyl sites for hydroxylation is 1. The van der Waals surface area contributed by atoms with Crippen LogP contribution in [0.25, 0.3) is 11.0 Å². The summed E-state index contributed by atoms with van der Waals surface area (Å²) >= 11 is 0. The van der Waals surface area contributed by atoms with Crippen molar-refractivity contribution in [2.24, 2.45) is 0 Å². The van der Waals surface area contributed by atoms with E-state index < -0.39 is 0 Å². The fraction of sp³-hybridized carbons (Fsp3) is 0.0769. The molecule has 4 nitrogen and oxygen atoms in total. The van der Waals surface area contributed by atoms with Crippen molar-refractivity contribution < 1.29 is 0 Å². The van der Waals surface area contributed by atoms with Gasteiger partial charge in [-0.05, 0) is 25.1 Å². The van der Waals surface area contributed by atoms with Crippen LogP contribution in [0.15, 0.2) is 42.7 Å². The number of nitrogens with zero attached hydrogens (tertiary/aromatic N) is 2. The zero-order valence-electron chi connectivity index (χ0n) is 9.44. The van der Waals surface area contributed by atoms with Crippen LogP contribution >= 0.6 is 0 Å². The van der Waals surface area contributed by atoms with Crippen molar-refractivity contribution in [3.8, 4) is 0 Å². The molecule has 4 heteroatoms. The zero-order valence-corrected chi connectivity index (χ0v) is 9.44. The molecule has 2 aromatic heterocycles. The monoisotopic (exact) mass is 224 g/mol. The first kappa shape index (κ1) is 9.84. The Morgan fingerprint density at radius 1 is 1.12 bits per heavy atom. The molecule has 0 fully saturated rings. The number of rotatable bonds is 2. The molecule has 0 saturated carbocycles. The van der Waals surface area contributed by atoms with Crippen molar-refractivity contribution in [1.82, 2.24) is 15.0 Å². The molecule has 0 aliphatic rings. The van der Waals surface area contributed by atoms with Gasteiger partial charge in [-0.25, -0.2) is 9.97 Å². The second-order valence-corrected chi connectivity index (χ2v) is 3.93. The molecule has 84 valence electrons. The van der Waals surface area contributed by atoms with Crippen molar-refractivity contribution in [3.63, 3.8) is 0 Å². The Balaban J connectivity index is 2.06. The molecule has 1 aromatic carbocycles.